The normalized spacial score (nSPS) is 10.3. The lowest BCUT2D eigenvalue weighted by Crippen LogP contribution is -2.27. The molecule has 0 atom stereocenters. The Labute approximate surface area is 138 Å². The van der Waals surface area contributed by atoms with Gasteiger partial charge in [-0.25, -0.2) is 0 Å². The second-order valence-corrected chi connectivity index (χ2v) is 5.71. The quantitative estimate of drug-likeness (QED) is 0.751. The molecule has 0 radical (unpaired) electrons. The van der Waals surface area contributed by atoms with Crippen molar-refractivity contribution in [1.82, 2.24) is 9.88 Å². The molecule has 1 heterocycles. The number of nitrogens with one attached hydrogen (secondary N) is 1. The maximum Gasteiger partial charge on any atom is 0.272 e. The minimum atomic E-state index is -0.0638. The van der Waals surface area contributed by atoms with Crippen LogP contribution >= 0.6 is 0 Å². The highest BCUT2D eigenvalue weighted by molar-refractivity contribution is 5.92. The van der Waals surface area contributed by atoms with E-state index in [2.05, 4.69) is 17.2 Å². The van der Waals surface area contributed by atoms with Crippen LogP contribution in [0.2, 0.25) is 0 Å². The van der Waals surface area contributed by atoms with Gasteiger partial charge in [0.05, 0.1) is 0 Å². The average Bonchev–Trinajstić information content (AvgIpc) is 2.59. The molecule has 1 amide bonds. The number of hydrogen-bond acceptors (Lipinski definition) is 3. The minimum absolute atomic E-state index is 0.0638. The minimum Gasteiger partial charge on any atom is -0.385 e. The van der Waals surface area contributed by atoms with Crippen LogP contribution in [0.5, 0.6) is 0 Å². The van der Waals surface area contributed by atoms with Gasteiger partial charge in [0.2, 0.25) is 0 Å². The molecule has 1 aromatic heterocycles. The zero-order valence-corrected chi connectivity index (χ0v) is 14.0. The first-order valence-electron chi connectivity index (χ1n) is 8.20. The lowest BCUT2D eigenvalue weighted by molar-refractivity contribution is 0.0779. The van der Waals surface area contributed by atoms with Crippen LogP contribution in [0.25, 0.3) is 0 Å². The van der Waals surface area contributed by atoms with Crippen LogP contribution in [0.1, 0.15) is 42.2 Å². The maximum atomic E-state index is 12.5. The van der Waals surface area contributed by atoms with Crippen LogP contribution < -0.4 is 5.32 Å². The first kappa shape index (κ1) is 17.0. The van der Waals surface area contributed by atoms with Crippen LogP contribution in [0.3, 0.4) is 0 Å². The van der Waals surface area contributed by atoms with Gasteiger partial charge in [-0.2, -0.15) is 0 Å². The number of rotatable bonds is 8. The summed E-state index contributed by atoms with van der Waals surface area (Å²) in [6.45, 7) is 3.69. The highest BCUT2D eigenvalue weighted by Gasteiger charge is 2.13. The molecule has 2 rings (SSSR count). The van der Waals surface area contributed by atoms with Crippen molar-refractivity contribution < 1.29 is 4.79 Å². The molecule has 1 aromatic carbocycles. The number of carbonyl (C=O) groups is 1. The van der Waals surface area contributed by atoms with Crippen molar-refractivity contribution in [3.63, 3.8) is 0 Å². The van der Waals surface area contributed by atoms with Crippen LogP contribution in [0.15, 0.2) is 48.7 Å². The van der Waals surface area contributed by atoms with Gasteiger partial charge in [0.1, 0.15) is 5.69 Å². The first-order valence-corrected chi connectivity index (χ1v) is 8.20. The van der Waals surface area contributed by atoms with Crippen molar-refractivity contribution in [3.05, 3.63) is 59.9 Å². The molecule has 0 aliphatic rings. The standard InChI is InChI=1S/C19H25N3O/c1-3-4-8-12-20-17-11-13-21-18(14-17)19(23)22(2)15-16-9-6-5-7-10-16/h5-7,9-11,13-14H,3-4,8,12,15H2,1-2H3,(H,20,21). The summed E-state index contributed by atoms with van der Waals surface area (Å²) in [7, 11) is 1.80. The fourth-order valence-corrected chi connectivity index (χ4v) is 2.39. The number of benzene rings is 1. The second kappa shape index (κ2) is 8.93. The van der Waals surface area contributed by atoms with E-state index in [4.69, 9.17) is 0 Å². The van der Waals surface area contributed by atoms with Gasteiger partial charge >= 0.3 is 0 Å². The van der Waals surface area contributed by atoms with Crippen LogP contribution in [0.4, 0.5) is 5.69 Å². The summed E-state index contributed by atoms with van der Waals surface area (Å²) < 4.78 is 0. The summed E-state index contributed by atoms with van der Waals surface area (Å²) in [5, 5.41) is 3.35. The predicted octanol–water partition coefficient (Wildman–Crippen LogP) is 3.96. The van der Waals surface area contributed by atoms with E-state index in [1.54, 1.807) is 18.1 Å². The Morgan fingerprint density at radius 3 is 2.70 bits per heavy atom. The number of pyridine rings is 1. The van der Waals surface area contributed by atoms with Gasteiger partial charge in [-0.1, -0.05) is 50.1 Å². The summed E-state index contributed by atoms with van der Waals surface area (Å²) in [5.74, 6) is -0.0638. The van der Waals surface area contributed by atoms with Gasteiger partial charge in [-0.05, 0) is 24.1 Å². The molecule has 0 saturated carbocycles. The van der Waals surface area contributed by atoms with E-state index >= 15 is 0 Å². The van der Waals surface area contributed by atoms with Crippen LogP contribution in [0, 0.1) is 0 Å². The Hall–Kier alpha value is -2.36. The van der Waals surface area contributed by atoms with Crippen molar-refractivity contribution in [2.24, 2.45) is 0 Å². The monoisotopic (exact) mass is 311 g/mol. The van der Waals surface area contributed by atoms with Crippen molar-refractivity contribution >= 4 is 11.6 Å². The average molecular weight is 311 g/mol. The van der Waals surface area contributed by atoms with E-state index in [-0.39, 0.29) is 5.91 Å². The van der Waals surface area contributed by atoms with Gasteiger partial charge in [-0.15, -0.1) is 0 Å². The number of hydrogen-bond donors (Lipinski definition) is 1. The zero-order valence-electron chi connectivity index (χ0n) is 14.0. The SMILES string of the molecule is CCCCCNc1ccnc(C(=O)N(C)Cc2ccccc2)c1. The number of carbonyl (C=O) groups excluding carboxylic acids is 1. The topological polar surface area (TPSA) is 45.2 Å². The van der Waals surface area contributed by atoms with Gasteiger partial charge in [0.15, 0.2) is 0 Å². The first-order chi connectivity index (χ1) is 11.2. The smallest absolute Gasteiger partial charge is 0.272 e. The van der Waals surface area contributed by atoms with E-state index in [0.717, 1.165) is 24.2 Å². The van der Waals surface area contributed by atoms with E-state index in [0.29, 0.717) is 12.2 Å². The molecule has 2 aromatic rings. The maximum absolute atomic E-state index is 12.5. The summed E-state index contributed by atoms with van der Waals surface area (Å²) >= 11 is 0. The highest BCUT2D eigenvalue weighted by atomic mass is 16.2. The van der Waals surface area contributed by atoms with E-state index in [9.17, 15) is 4.79 Å². The Kier molecular flexibility index (Phi) is 6.60. The summed E-state index contributed by atoms with van der Waals surface area (Å²) in [6, 6.07) is 13.7. The fourth-order valence-electron chi connectivity index (χ4n) is 2.39. The molecule has 0 saturated heterocycles. The fraction of sp³-hybridized carbons (Fsp3) is 0.368. The molecule has 0 unspecified atom stereocenters. The molecular formula is C19H25N3O. The van der Waals surface area contributed by atoms with Gasteiger partial charge in [0, 0.05) is 32.0 Å². The molecule has 4 heteroatoms. The predicted molar refractivity (Wildman–Crippen MR) is 94.5 cm³/mol. The molecule has 0 bridgehead atoms. The third-order valence-electron chi connectivity index (χ3n) is 3.70. The second-order valence-electron chi connectivity index (χ2n) is 5.71. The third kappa shape index (κ3) is 5.40. The van der Waals surface area contributed by atoms with Gasteiger partial charge in [-0.3, -0.25) is 9.78 Å². The molecular weight excluding hydrogens is 286 g/mol. The van der Waals surface area contributed by atoms with Crippen molar-refractivity contribution in [1.29, 1.82) is 0 Å². The highest BCUT2D eigenvalue weighted by Crippen LogP contribution is 2.12. The summed E-state index contributed by atoms with van der Waals surface area (Å²) in [6.07, 6.45) is 5.23. The molecule has 1 N–H and O–H groups in total. The zero-order chi connectivity index (χ0) is 16.5. The number of anilines is 1. The van der Waals surface area contributed by atoms with Crippen molar-refractivity contribution in [3.8, 4) is 0 Å². The molecule has 4 nitrogen and oxygen atoms in total. The van der Waals surface area contributed by atoms with Crippen LogP contribution in [-0.4, -0.2) is 29.4 Å². The summed E-state index contributed by atoms with van der Waals surface area (Å²) in [5.41, 5.74) is 2.54. The third-order valence-corrected chi connectivity index (χ3v) is 3.70. The largest absolute Gasteiger partial charge is 0.385 e. The Morgan fingerprint density at radius 1 is 1.17 bits per heavy atom. The van der Waals surface area contributed by atoms with E-state index in [1.165, 1.54) is 12.8 Å². The molecule has 0 spiro atoms. The summed E-state index contributed by atoms with van der Waals surface area (Å²) in [4.78, 5) is 18.4. The molecule has 0 fully saturated rings. The number of nitrogens with zero attached hydrogens (tertiary/aromatic N) is 2. The Balaban J connectivity index is 1.95. The van der Waals surface area contributed by atoms with Crippen LogP contribution in [-0.2, 0) is 6.54 Å². The van der Waals surface area contributed by atoms with E-state index in [1.807, 2.05) is 42.5 Å². The molecule has 23 heavy (non-hydrogen) atoms. The number of unbranched alkanes of at least 4 members (excludes halogenated alkanes) is 2. The number of aromatic nitrogens is 1. The molecule has 122 valence electrons. The molecule has 0 aliphatic carbocycles. The Bertz CT molecular complexity index is 613. The van der Waals surface area contributed by atoms with Gasteiger partial charge < -0.3 is 10.2 Å². The lowest BCUT2D eigenvalue weighted by atomic mass is 10.2. The lowest BCUT2D eigenvalue weighted by Gasteiger charge is -2.17. The molecule has 0 aliphatic heterocycles. The van der Waals surface area contributed by atoms with E-state index < -0.39 is 0 Å². The Morgan fingerprint density at radius 2 is 1.96 bits per heavy atom. The number of amides is 1. The van der Waals surface area contributed by atoms with Gasteiger partial charge in [0.25, 0.3) is 5.91 Å². The van der Waals surface area contributed by atoms with Crippen molar-refractivity contribution in [2.75, 3.05) is 18.9 Å². The van der Waals surface area contributed by atoms with Crippen molar-refractivity contribution in [2.45, 2.75) is 32.7 Å².